The van der Waals surface area contributed by atoms with Crippen molar-refractivity contribution in [1.82, 2.24) is 14.7 Å². The molecule has 0 bridgehead atoms. The van der Waals surface area contributed by atoms with E-state index in [4.69, 9.17) is 0 Å². The molecule has 2 atom stereocenters. The van der Waals surface area contributed by atoms with Crippen molar-refractivity contribution in [3.63, 3.8) is 0 Å². The second kappa shape index (κ2) is 6.28. The number of aromatic nitrogens is 2. The first-order chi connectivity index (χ1) is 11.0. The molecule has 23 heavy (non-hydrogen) atoms. The van der Waals surface area contributed by atoms with E-state index in [-0.39, 0.29) is 17.5 Å². The zero-order valence-corrected chi connectivity index (χ0v) is 14.4. The largest absolute Gasteiger partial charge is 0.333 e. The summed E-state index contributed by atoms with van der Waals surface area (Å²) in [4.78, 5) is 26.8. The SMILES string of the molecule is Cc1ccc(-n2[nH]c(C(=O)N3CCS[C@@H](C)[C@H]3C)cc2=O)cc1. The molecule has 1 saturated heterocycles. The lowest BCUT2D eigenvalue weighted by atomic mass is 10.2. The molecule has 2 heterocycles. The minimum Gasteiger partial charge on any atom is -0.333 e. The maximum absolute atomic E-state index is 12.7. The summed E-state index contributed by atoms with van der Waals surface area (Å²) in [7, 11) is 0. The highest BCUT2D eigenvalue weighted by Crippen LogP contribution is 2.25. The van der Waals surface area contributed by atoms with Crippen LogP contribution in [0.25, 0.3) is 5.69 Å². The molecule has 0 radical (unpaired) electrons. The monoisotopic (exact) mass is 331 g/mol. The maximum Gasteiger partial charge on any atom is 0.272 e. The molecule has 1 aromatic heterocycles. The first kappa shape index (κ1) is 15.9. The van der Waals surface area contributed by atoms with Gasteiger partial charge in [0, 0.05) is 29.7 Å². The Hall–Kier alpha value is -1.95. The molecule has 0 spiro atoms. The van der Waals surface area contributed by atoms with E-state index in [1.165, 1.54) is 10.7 Å². The molecule has 1 fully saturated rings. The topological polar surface area (TPSA) is 58.1 Å². The number of aromatic amines is 1. The Morgan fingerprint density at radius 3 is 2.65 bits per heavy atom. The highest BCUT2D eigenvalue weighted by atomic mass is 32.2. The van der Waals surface area contributed by atoms with Crippen LogP contribution < -0.4 is 5.56 Å². The molecule has 1 amide bonds. The van der Waals surface area contributed by atoms with E-state index in [1.807, 2.05) is 47.9 Å². The number of carbonyl (C=O) groups is 1. The molecule has 0 unspecified atom stereocenters. The fraction of sp³-hybridized carbons (Fsp3) is 0.412. The van der Waals surface area contributed by atoms with Gasteiger partial charge in [-0.15, -0.1) is 0 Å². The normalized spacial score (nSPS) is 21.4. The number of hydrogen-bond donors (Lipinski definition) is 1. The van der Waals surface area contributed by atoms with E-state index < -0.39 is 0 Å². The third-order valence-electron chi connectivity index (χ3n) is 4.39. The average molecular weight is 331 g/mol. The first-order valence-electron chi connectivity index (χ1n) is 7.79. The third-order valence-corrected chi connectivity index (χ3v) is 5.73. The Labute approximate surface area is 139 Å². The molecular formula is C17H21N3O2S. The van der Waals surface area contributed by atoms with Crippen LogP contribution in [0.3, 0.4) is 0 Å². The van der Waals surface area contributed by atoms with E-state index in [2.05, 4.69) is 18.9 Å². The summed E-state index contributed by atoms with van der Waals surface area (Å²) in [6.45, 7) is 6.90. The number of carbonyl (C=O) groups excluding carboxylic acids is 1. The Bertz CT molecular complexity index is 763. The summed E-state index contributed by atoms with van der Waals surface area (Å²) in [5, 5.41) is 3.36. The van der Waals surface area contributed by atoms with Crippen LogP contribution >= 0.6 is 11.8 Å². The van der Waals surface area contributed by atoms with E-state index in [9.17, 15) is 9.59 Å². The molecule has 122 valence electrons. The van der Waals surface area contributed by atoms with Gasteiger partial charge in [0.2, 0.25) is 0 Å². The molecule has 1 aliphatic rings. The number of benzene rings is 1. The molecular weight excluding hydrogens is 310 g/mol. The van der Waals surface area contributed by atoms with Crippen LogP contribution in [0.15, 0.2) is 35.1 Å². The minimum absolute atomic E-state index is 0.104. The Morgan fingerprint density at radius 2 is 1.96 bits per heavy atom. The van der Waals surface area contributed by atoms with Crippen molar-refractivity contribution in [3.8, 4) is 5.69 Å². The predicted molar refractivity (Wildman–Crippen MR) is 93.5 cm³/mol. The van der Waals surface area contributed by atoms with E-state index in [1.54, 1.807) is 0 Å². The van der Waals surface area contributed by atoms with Gasteiger partial charge in [0.05, 0.1) is 5.69 Å². The molecule has 0 aliphatic carbocycles. The van der Waals surface area contributed by atoms with Gasteiger partial charge in [0.15, 0.2) is 0 Å². The number of aryl methyl sites for hydroxylation is 1. The van der Waals surface area contributed by atoms with Crippen molar-refractivity contribution >= 4 is 17.7 Å². The number of H-pyrrole nitrogens is 1. The molecule has 1 N–H and O–H groups in total. The van der Waals surface area contributed by atoms with Gasteiger partial charge in [-0.2, -0.15) is 11.8 Å². The van der Waals surface area contributed by atoms with Crippen molar-refractivity contribution in [1.29, 1.82) is 0 Å². The Kier molecular flexibility index (Phi) is 4.35. The molecule has 5 nitrogen and oxygen atoms in total. The lowest BCUT2D eigenvalue weighted by Crippen LogP contribution is -2.48. The number of nitrogens with zero attached hydrogens (tertiary/aromatic N) is 2. The zero-order chi connectivity index (χ0) is 16.6. The van der Waals surface area contributed by atoms with Gasteiger partial charge in [-0.3, -0.25) is 14.7 Å². The summed E-state index contributed by atoms with van der Waals surface area (Å²) in [6, 6.07) is 9.16. The lowest BCUT2D eigenvalue weighted by Gasteiger charge is -2.37. The van der Waals surface area contributed by atoms with Crippen LogP contribution in [0.4, 0.5) is 0 Å². The van der Waals surface area contributed by atoms with Crippen LogP contribution in [0.5, 0.6) is 0 Å². The molecule has 2 aromatic rings. The highest BCUT2D eigenvalue weighted by molar-refractivity contribution is 8.00. The third kappa shape index (κ3) is 3.08. The van der Waals surface area contributed by atoms with Crippen molar-refractivity contribution in [2.24, 2.45) is 0 Å². The van der Waals surface area contributed by atoms with Gasteiger partial charge in [-0.1, -0.05) is 24.6 Å². The fourth-order valence-electron chi connectivity index (χ4n) is 2.77. The Morgan fingerprint density at radius 1 is 1.26 bits per heavy atom. The van der Waals surface area contributed by atoms with Gasteiger partial charge in [0.1, 0.15) is 5.69 Å². The van der Waals surface area contributed by atoms with Gasteiger partial charge < -0.3 is 4.90 Å². The summed E-state index contributed by atoms with van der Waals surface area (Å²) >= 11 is 1.88. The summed E-state index contributed by atoms with van der Waals surface area (Å²) in [5.41, 5.74) is 1.99. The quantitative estimate of drug-likeness (QED) is 0.919. The minimum atomic E-state index is -0.218. The van der Waals surface area contributed by atoms with Crippen molar-refractivity contribution < 1.29 is 4.79 Å². The maximum atomic E-state index is 12.7. The molecule has 3 rings (SSSR count). The molecule has 1 aliphatic heterocycles. The standard InChI is InChI=1S/C17H21N3O2S/c1-11-4-6-14(7-5-11)20-16(21)10-15(18-20)17(22)19-8-9-23-13(3)12(19)2/h4-7,10,12-13,18H,8-9H2,1-3H3/t12-,13+/m1/s1. The van der Waals surface area contributed by atoms with Crippen LogP contribution in [-0.4, -0.2) is 44.2 Å². The smallest absolute Gasteiger partial charge is 0.272 e. The summed E-state index contributed by atoms with van der Waals surface area (Å²) < 4.78 is 1.42. The summed E-state index contributed by atoms with van der Waals surface area (Å²) in [5.74, 6) is 0.827. The number of hydrogen-bond acceptors (Lipinski definition) is 3. The lowest BCUT2D eigenvalue weighted by molar-refractivity contribution is 0.0691. The van der Waals surface area contributed by atoms with Crippen molar-refractivity contribution in [2.45, 2.75) is 32.1 Å². The second-order valence-electron chi connectivity index (χ2n) is 5.99. The van der Waals surface area contributed by atoms with Gasteiger partial charge in [0.25, 0.3) is 11.5 Å². The average Bonchev–Trinajstić information content (AvgIpc) is 2.92. The van der Waals surface area contributed by atoms with Gasteiger partial charge in [-0.05, 0) is 26.0 Å². The van der Waals surface area contributed by atoms with Crippen molar-refractivity contribution in [2.75, 3.05) is 12.3 Å². The fourth-order valence-corrected chi connectivity index (χ4v) is 3.86. The van der Waals surface area contributed by atoms with E-state index in [0.29, 0.717) is 17.5 Å². The number of nitrogens with one attached hydrogen (secondary N) is 1. The molecule has 6 heteroatoms. The molecule has 0 saturated carbocycles. The number of thioether (sulfide) groups is 1. The molecule has 1 aromatic carbocycles. The zero-order valence-electron chi connectivity index (χ0n) is 13.6. The van der Waals surface area contributed by atoms with Crippen LogP contribution in [0.2, 0.25) is 0 Å². The Balaban J connectivity index is 1.89. The van der Waals surface area contributed by atoms with E-state index >= 15 is 0 Å². The van der Waals surface area contributed by atoms with Gasteiger partial charge >= 0.3 is 0 Å². The number of rotatable bonds is 2. The van der Waals surface area contributed by atoms with Crippen LogP contribution in [0, 0.1) is 6.92 Å². The van der Waals surface area contributed by atoms with Gasteiger partial charge in [-0.25, -0.2) is 4.68 Å². The van der Waals surface area contributed by atoms with E-state index in [0.717, 1.165) is 17.0 Å². The number of amides is 1. The second-order valence-corrected chi connectivity index (χ2v) is 7.48. The van der Waals surface area contributed by atoms with Crippen molar-refractivity contribution in [3.05, 3.63) is 51.9 Å². The predicted octanol–water partition coefficient (Wildman–Crippen LogP) is 2.44. The van der Waals surface area contributed by atoms with Crippen LogP contribution in [-0.2, 0) is 0 Å². The highest BCUT2D eigenvalue weighted by Gasteiger charge is 2.30. The van der Waals surface area contributed by atoms with Crippen LogP contribution in [0.1, 0.15) is 29.9 Å². The first-order valence-corrected chi connectivity index (χ1v) is 8.84. The summed E-state index contributed by atoms with van der Waals surface area (Å²) in [6.07, 6.45) is 0.